The lowest BCUT2D eigenvalue weighted by molar-refractivity contribution is -0.612. The molecule has 3 nitrogen and oxygen atoms in total. The van der Waals surface area contributed by atoms with Gasteiger partial charge in [-0.3, -0.25) is 0 Å². The first-order valence-electron chi connectivity index (χ1n) is 3.13. The second-order valence-corrected chi connectivity index (χ2v) is 2.21. The monoisotopic (exact) mass is 138 g/mol. The Bertz CT molecular complexity index is 235. The number of hydrogen-bond donors (Lipinski definition) is 1. The van der Waals surface area contributed by atoms with E-state index in [4.69, 9.17) is 5.73 Å². The summed E-state index contributed by atoms with van der Waals surface area (Å²) in [5.41, 5.74) is 6.87. The highest BCUT2D eigenvalue weighted by atomic mass is 16.5. The molecule has 0 aliphatic carbocycles. The Morgan fingerprint density at radius 1 is 1.60 bits per heavy atom. The Labute approximate surface area is 59.7 Å². The molecule has 1 aromatic heterocycles. The zero-order valence-corrected chi connectivity index (χ0v) is 5.87. The maximum absolute atomic E-state index is 10.9. The Morgan fingerprint density at radius 3 is 2.80 bits per heavy atom. The molecule has 0 bridgehead atoms. The molecule has 2 N–H and O–H groups in total. The second kappa shape index (κ2) is 2.66. The van der Waals surface area contributed by atoms with E-state index in [0.29, 0.717) is 12.2 Å². The van der Waals surface area contributed by atoms with Crippen LogP contribution in [0.2, 0.25) is 0 Å². The van der Waals surface area contributed by atoms with Gasteiger partial charge in [0.15, 0.2) is 11.9 Å². The van der Waals surface area contributed by atoms with Crippen LogP contribution in [0.3, 0.4) is 0 Å². The van der Waals surface area contributed by atoms with Crippen molar-refractivity contribution in [3.63, 3.8) is 0 Å². The first kappa shape index (κ1) is 7.02. The van der Waals surface area contributed by atoms with Gasteiger partial charge >= 0.3 is 0 Å². The lowest BCUT2D eigenvalue weighted by Crippen LogP contribution is -2.30. The fraction of sp³-hybridized carbons (Fsp3) is 0.286. The summed E-state index contributed by atoms with van der Waals surface area (Å²) in [6.07, 6.45) is 1.50. The number of pyridine rings is 1. The molecule has 0 radical (unpaired) electrons. The zero-order valence-electron chi connectivity index (χ0n) is 5.87. The number of aromatic nitrogens is 1. The van der Waals surface area contributed by atoms with Crippen LogP contribution in [0.1, 0.15) is 11.3 Å². The van der Waals surface area contributed by atoms with Crippen molar-refractivity contribution in [1.82, 2.24) is 0 Å². The first-order chi connectivity index (χ1) is 4.74. The third-order valence-electron chi connectivity index (χ3n) is 1.41. The van der Waals surface area contributed by atoms with Crippen molar-refractivity contribution in [2.45, 2.75) is 13.5 Å². The largest absolute Gasteiger partial charge is 0.619 e. The average molecular weight is 138 g/mol. The molecule has 1 rings (SSSR count). The van der Waals surface area contributed by atoms with E-state index in [1.807, 2.05) is 6.07 Å². The Kier molecular flexibility index (Phi) is 1.87. The van der Waals surface area contributed by atoms with Crippen LogP contribution >= 0.6 is 0 Å². The van der Waals surface area contributed by atoms with Crippen LogP contribution in [0.25, 0.3) is 0 Å². The van der Waals surface area contributed by atoms with Gasteiger partial charge in [0.1, 0.15) is 0 Å². The Balaban J connectivity index is 3.04. The topological polar surface area (TPSA) is 53.0 Å². The van der Waals surface area contributed by atoms with E-state index in [0.717, 1.165) is 10.3 Å². The van der Waals surface area contributed by atoms with Gasteiger partial charge in [-0.2, -0.15) is 4.73 Å². The third-order valence-corrected chi connectivity index (χ3v) is 1.41. The molecular formula is C7H10N2O. The van der Waals surface area contributed by atoms with E-state index in [1.165, 1.54) is 6.20 Å². The molecule has 0 saturated carbocycles. The smallest absolute Gasteiger partial charge is 0.189 e. The van der Waals surface area contributed by atoms with Gasteiger partial charge in [0, 0.05) is 25.1 Å². The molecule has 54 valence electrons. The maximum atomic E-state index is 10.9. The number of nitrogens with zero attached hydrogens (tertiary/aromatic N) is 1. The fourth-order valence-corrected chi connectivity index (χ4v) is 0.717. The molecule has 0 fully saturated rings. The minimum Gasteiger partial charge on any atom is -0.619 e. The molecule has 0 spiro atoms. The van der Waals surface area contributed by atoms with Crippen molar-refractivity contribution in [1.29, 1.82) is 0 Å². The van der Waals surface area contributed by atoms with Crippen LogP contribution in [-0.2, 0) is 6.54 Å². The van der Waals surface area contributed by atoms with Gasteiger partial charge in [0.25, 0.3) is 0 Å². The highest BCUT2D eigenvalue weighted by Crippen LogP contribution is 1.94. The van der Waals surface area contributed by atoms with E-state index < -0.39 is 0 Å². The van der Waals surface area contributed by atoms with Crippen LogP contribution in [0.5, 0.6) is 0 Å². The quantitative estimate of drug-likeness (QED) is 0.441. The van der Waals surface area contributed by atoms with Crippen molar-refractivity contribution in [2.75, 3.05) is 0 Å². The van der Waals surface area contributed by atoms with Crippen LogP contribution in [0.15, 0.2) is 18.3 Å². The Hall–Kier alpha value is -1.09. The summed E-state index contributed by atoms with van der Waals surface area (Å²) in [4.78, 5) is 0. The van der Waals surface area contributed by atoms with Crippen LogP contribution in [0, 0.1) is 12.1 Å². The van der Waals surface area contributed by atoms with E-state index in [2.05, 4.69) is 0 Å². The van der Waals surface area contributed by atoms with Gasteiger partial charge in [0.2, 0.25) is 0 Å². The van der Waals surface area contributed by atoms with Crippen LogP contribution in [-0.4, -0.2) is 0 Å². The standard InChI is InChI=1S/C7H10N2O/c1-6-2-3-7(4-8)5-9(6)10/h2-3,5H,4,8H2,1H3. The van der Waals surface area contributed by atoms with Crippen molar-refractivity contribution < 1.29 is 4.73 Å². The summed E-state index contributed by atoms with van der Waals surface area (Å²) < 4.78 is 0.822. The minimum absolute atomic E-state index is 0.419. The average Bonchev–Trinajstić information content (AvgIpc) is 1.95. The summed E-state index contributed by atoms with van der Waals surface area (Å²) in [7, 11) is 0. The zero-order chi connectivity index (χ0) is 7.56. The minimum atomic E-state index is 0.419. The summed E-state index contributed by atoms with van der Waals surface area (Å²) in [5, 5.41) is 10.9. The van der Waals surface area contributed by atoms with Crippen molar-refractivity contribution >= 4 is 0 Å². The maximum Gasteiger partial charge on any atom is 0.189 e. The van der Waals surface area contributed by atoms with Gasteiger partial charge < -0.3 is 10.9 Å². The fourth-order valence-electron chi connectivity index (χ4n) is 0.717. The molecule has 0 saturated heterocycles. The predicted molar refractivity (Wildman–Crippen MR) is 38.0 cm³/mol. The molecule has 10 heavy (non-hydrogen) atoms. The van der Waals surface area contributed by atoms with E-state index in [9.17, 15) is 5.21 Å². The van der Waals surface area contributed by atoms with Crippen LogP contribution in [0.4, 0.5) is 0 Å². The van der Waals surface area contributed by atoms with Gasteiger partial charge in [-0.1, -0.05) is 0 Å². The van der Waals surface area contributed by atoms with E-state index in [1.54, 1.807) is 13.0 Å². The van der Waals surface area contributed by atoms with E-state index in [-0.39, 0.29) is 0 Å². The molecule has 0 aromatic carbocycles. The lowest BCUT2D eigenvalue weighted by Gasteiger charge is -2.00. The number of rotatable bonds is 1. The molecule has 0 aliphatic heterocycles. The Morgan fingerprint density at radius 2 is 2.30 bits per heavy atom. The SMILES string of the molecule is Cc1ccc(CN)c[n+]1[O-]. The van der Waals surface area contributed by atoms with Gasteiger partial charge in [-0.15, -0.1) is 0 Å². The number of aryl methyl sites for hydroxylation is 1. The van der Waals surface area contributed by atoms with E-state index >= 15 is 0 Å². The highest BCUT2D eigenvalue weighted by Gasteiger charge is 1.97. The van der Waals surface area contributed by atoms with Crippen molar-refractivity contribution in [3.05, 3.63) is 34.8 Å². The summed E-state index contributed by atoms with van der Waals surface area (Å²) in [6.45, 7) is 2.18. The molecule has 0 amide bonds. The molecule has 0 unspecified atom stereocenters. The highest BCUT2D eigenvalue weighted by molar-refractivity contribution is 5.08. The predicted octanol–water partition coefficient (Wildman–Crippen LogP) is 0.0871. The first-order valence-corrected chi connectivity index (χ1v) is 3.13. The van der Waals surface area contributed by atoms with Gasteiger partial charge in [0.05, 0.1) is 0 Å². The molecular weight excluding hydrogens is 128 g/mol. The third kappa shape index (κ3) is 1.25. The second-order valence-electron chi connectivity index (χ2n) is 2.21. The van der Waals surface area contributed by atoms with Crippen LogP contribution < -0.4 is 10.5 Å². The summed E-state index contributed by atoms with van der Waals surface area (Å²) in [5.74, 6) is 0. The van der Waals surface area contributed by atoms with Gasteiger partial charge in [-0.25, -0.2) is 0 Å². The number of nitrogens with two attached hydrogens (primary N) is 1. The molecule has 1 heterocycles. The molecule has 0 aliphatic rings. The lowest BCUT2D eigenvalue weighted by atomic mass is 10.2. The molecule has 1 aromatic rings. The van der Waals surface area contributed by atoms with Crippen molar-refractivity contribution in [2.24, 2.45) is 5.73 Å². The summed E-state index contributed by atoms with van der Waals surface area (Å²) in [6, 6.07) is 3.61. The van der Waals surface area contributed by atoms with Crippen molar-refractivity contribution in [3.8, 4) is 0 Å². The number of hydrogen-bond acceptors (Lipinski definition) is 2. The van der Waals surface area contributed by atoms with Gasteiger partial charge in [-0.05, 0) is 6.07 Å². The summed E-state index contributed by atoms with van der Waals surface area (Å²) >= 11 is 0. The molecule has 0 atom stereocenters. The normalized spacial score (nSPS) is 9.80. The molecule has 3 heteroatoms.